The smallest absolute Gasteiger partial charge is 0.179 e. The fourth-order valence-electron chi connectivity index (χ4n) is 2.42. The Morgan fingerprint density at radius 2 is 2.17 bits per heavy atom. The van der Waals surface area contributed by atoms with Crippen LogP contribution in [0.2, 0.25) is 5.02 Å². The van der Waals surface area contributed by atoms with Gasteiger partial charge in [-0.2, -0.15) is 5.26 Å². The lowest BCUT2D eigenvalue weighted by atomic mass is 10.1. The van der Waals surface area contributed by atoms with E-state index in [0.717, 1.165) is 5.69 Å². The number of hydrogen-bond donors (Lipinski definition) is 2. The first-order valence-electron chi connectivity index (χ1n) is 7.47. The van der Waals surface area contributed by atoms with Crippen molar-refractivity contribution in [1.29, 1.82) is 5.26 Å². The molecule has 0 radical (unpaired) electrons. The Morgan fingerprint density at radius 3 is 2.96 bits per heavy atom. The molecule has 2 aromatic rings. The van der Waals surface area contributed by atoms with Crippen molar-refractivity contribution in [2.24, 2.45) is 0 Å². The normalized spacial score (nSPS) is 13.9. The van der Waals surface area contributed by atoms with E-state index >= 15 is 0 Å². The average Bonchev–Trinajstić information content (AvgIpc) is 2.59. The number of halogens is 1. The number of rotatable bonds is 4. The van der Waals surface area contributed by atoms with Gasteiger partial charge < -0.3 is 19.9 Å². The topological polar surface area (TPSA) is 87.4 Å². The standard InChI is InChI=1S/C17H16ClN3O3/c1-10-2-3-11(8-19)17(21-10)20-9-14(22)12-6-13(18)16-15(7-12)23-4-5-24-16/h2-3,6-7,14,22H,4-5,9H2,1H3,(H,20,21). The fraction of sp³-hybridized carbons (Fsp3) is 0.294. The van der Waals surface area contributed by atoms with Crippen LogP contribution < -0.4 is 14.8 Å². The summed E-state index contributed by atoms with van der Waals surface area (Å²) in [6.07, 6.45) is -0.841. The summed E-state index contributed by atoms with van der Waals surface area (Å²) in [5.41, 5.74) is 1.81. The lowest BCUT2D eigenvalue weighted by Crippen LogP contribution is -2.17. The Morgan fingerprint density at radius 1 is 1.38 bits per heavy atom. The van der Waals surface area contributed by atoms with Crippen LogP contribution in [0.1, 0.15) is 22.9 Å². The number of aryl methyl sites for hydroxylation is 1. The number of pyridine rings is 1. The van der Waals surface area contributed by atoms with E-state index in [4.69, 9.17) is 26.3 Å². The van der Waals surface area contributed by atoms with Crippen LogP contribution in [-0.4, -0.2) is 29.8 Å². The maximum Gasteiger partial charge on any atom is 0.179 e. The molecule has 1 aliphatic heterocycles. The number of fused-ring (bicyclic) bond motifs is 1. The molecule has 0 aliphatic carbocycles. The van der Waals surface area contributed by atoms with Crippen molar-refractivity contribution in [1.82, 2.24) is 4.98 Å². The SMILES string of the molecule is Cc1ccc(C#N)c(NCC(O)c2cc(Cl)c3c(c2)OCCO3)n1. The van der Waals surface area contributed by atoms with Crippen molar-refractivity contribution in [2.75, 3.05) is 25.1 Å². The number of aliphatic hydroxyl groups is 1. The molecule has 2 N–H and O–H groups in total. The molecule has 3 rings (SSSR count). The predicted octanol–water partition coefficient (Wildman–Crippen LogP) is 2.83. The first-order chi connectivity index (χ1) is 11.6. The summed E-state index contributed by atoms with van der Waals surface area (Å²) >= 11 is 6.19. The van der Waals surface area contributed by atoms with Crippen molar-refractivity contribution in [3.8, 4) is 17.6 Å². The Hall–Kier alpha value is -2.49. The first kappa shape index (κ1) is 16.4. The van der Waals surface area contributed by atoms with E-state index in [1.807, 2.05) is 6.92 Å². The minimum atomic E-state index is -0.841. The molecule has 0 bridgehead atoms. The zero-order chi connectivity index (χ0) is 17.1. The third kappa shape index (κ3) is 3.37. The second kappa shape index (κ2) is 6.95. The van der Waals surface area contributed by atoms with Crippen LogP contribution in [0.3, 0.4) is 0 Å². The summed E-state index contributed by atoms with van der Waals surface area (Å²) < 4.78 is 11.0. The van der Waals surface area contributed by atoms with Gasteiger partial charge in [0.2, 0.25) is 0 Å². The summed E-state index contributed by atoms with van der Waals surface area (Å²) in [6, 6.07) is 8.89. The van der Waals surface area contributed by atoms with Crippen LogP contribution in [0.4, 0.5) is 5.82 Å². The molecule has 24 heavy (non-hydrogen) atoms. The second-order valence-corrected chi connectivity index (χ2v) is 5.79. The number of nitrogens with one attached hydrogen (secondary N) is 1. The van der Waals surface area contributed by atoms with Gasteiger partial charge >= 0.3 is 0 Å². The molecule has 1 unspecified atom stereocenters. The minimum Gasteiger partial charge on any atom is -0.486 e. The number of benzene rings is 1. The highest BCUT2D eigenvalue weighted by atomic mass is 35.5. The first-order valence-corrected chi connectivity index (χ1v) is 7.85. The third-order valence-corrected chi connectivity index (χ3v) is 3.90. The van der Waals surface area contributed by atoms with Crippen molar-refractivity contribution in [2.45, 2.75) is 13.0 Å². The number of nitrogens with zero attached hydrogens (tertiary/aromatic N) is 2. The zero-order valence-corrected chi connectivity index (χ0v) is 13.8. The minimum absolute atomic E-state index is 0.182. The highest BCUT2D eigenvalue weighted by Gasteiger charge is 2.19. The van der Waals surface area contributed by atoms with Gasteiger partial charge in [-0.05, 0) is 36.8 Å². The van der Waals surface area contributed by atoms with Crippen LogP contribution in [0, 0.1) is 18.3 Å². The van der Waals surface area contributed by atoms with E-state index in [9.17, 15) is 5.11 Å². The molecule has 0 amide bonds. The molecule has 6 nitrogen and oxygen atoms in total. The van der Waals surface area contributed by atoms with E-state index in [1.165, 1.54) is 0 Å². The summed E-state index contributed by atoms with van der Waals surface area (Å²) in [5, 5.41) is 22.9. The molecule has 7 heteroatoms. The Balaban J connectivity index is 1.76. The second-order valence-electron chi connectivity index (χ2n) is 5.38. The number of anilines is 1. The monoisotopic (exact) mass is 345 g/mol. The van der Waals surface area contributed by atoms with Gasteiger partial charge in [0.25, 0.3) is 0 Å². The van der Waals surface area contributed by atoms with E-state index in [-0.39, 0.29) is 6.54 Å². The Labute approximate surface area is 144 Å². The molecule has 0 saturated heterocycles. The van der Waals surface area contributed by atoms with Crippen LogP contribution >= 0.6 is 11.6 Å². The predicted molar refractivity (Wildman–Crippen MR) is 89.6 cm³/mol. The highest BCUT2D eigenvalue weighted by molar-refractivity contribution is 6.32. The van der Waals surface area contributed by atoms with E-state index < -0.39 is 6.10 Å². The largest absolute Gasteiger partial charge is 0.486 e. The van der Waals surface area contributed by atoms with Gasteiger partial charge in [-0.3, -0.25) is 0 Å². The summed E-state index contributed by atoms with van der Waals surface area (Å²) in [6.45, 7) is 2.91. The fourth-order valence-corrected chi connectivity index (χ4v) is 2.69. The molecule has 0 spiro atoms. The molecule has 124 valence electrons. The summed E-state index contributed by atoms with van der Waals surface area (Å²) in [7, 11) is 0. The summed E-state index contributed by atoms with van der Waals surface area (Å²) in [5.74, 6) is 1.47. The van der Waals surface area contributed by atoms with Crippen molar-refractivity contribution in [3.63, 3.8) is 0 Å². The van der Waals surface area contributed by atoms with Gasteiger partial charge in [-0.25, -0.2) is 4.98 Å². The van der Waals surface area contributed by atoms with E-state index in [0.29, 0.717) is 46.7 Å². The lowest BCUT2D eigenvalue weighted by molar-refractivity contribution is 0.167. The third-order valence-electron chi connectivity index (χ3n) is 3.62. The molecule has 1 aromatic carbocycles. The molecule has 1 atom stereocenters. The highest BCUT2D eigenvalue weighted by Crippen LogP contribution is 2.39. The van der Waals surface area contributed by atoms with Gasteiger partial charge in [0.15, 0.2) is 11.5 Å². The number of ether oxygens (including phenoxy) is 2. The Kier molecular flexibility index (Phi) is 4.74. The van der Waals surface area contributed by atoms with Gasteiger partial charge in [0, 0.05) is 12.2 Å². The van der Waals surface area contributed by atoms with Gasteiger partial charge in [0.05, 0.1) is 16.7 Å². The van der Waals surface area contributed by atoms with Crippen LogP contribution in [0.25, 0.3) is 0 Å². The van der Waals surface area contributed by atoms with Crippen LogP contribution in [0.15, 0.2) is 24.3 Å². The van der Waals surface area contributed by atoms with Gasteiger partial charge in [-0.15, -0.1) is 0 Å². The van der Waals surface area contributed by atoms with Crippen molar-refractivity contribution < 1.29 is 14.6 Å². The number of aliphatic hydroxyl groups excluding tert-OH is 1. The maximum absolute atomic E-state index is 10.4. The van der Waals surface area contributed by atoms with E-state index in [2.05, 4.69) is 16.4 Å². The van der Waals surface area contributed by atoms with Gasteiger partial charge in [0.1, 0.15) is 25.1 Å². The zero-order valence-electron chi connectivity index (χ0n) is 13.0. The summed E-state index contributed by atoms with van der Waals surface area (Å²) in [4.78, 5) is 4.28. The number of nitriles is 1. The van der Waals surface area contributed by atoms with E-state index in [1.54, 1.807) is 24.3 Å². The average molecular weight is 346 g/mol. The molecule has 0 fully saturated rings. The molecule has 1 aliphatic rings. The number of hydrogen-bond acceptors (Lipinski definition) is 6. The van der Waals surface area contributed by atoms with Crippen LogP contribution in [-0.2, 0) is 0 Å². The van der Waals surface area contributed by atoms with Crippen molar-refractivity contribution >= 4 is 17.4 Å². The number of aromatic nitrogens is 1. The lowest BCUT2D eigenvalue weighted by Gasteiger charge is -2.22. The molecule has 0 saturated carbocycles. The molecule has 2 heterocycles. The molecular weight excluding hydrogens is 330 g/mol. The Bertz CT molecular complexity index is 804. The molecule has 1 aromatic heterocycles. The molecular formula is C17H16ClN3O3. The van der Waals surface area contributed by atoms with Gasteiger partial charge in [-0.1, -0.05) is 11.6 Å². The maximum atomic E-state index is 10.4. The van der Waals surface area contributed by atoms with Crippen LogP contribution in [0.5, 0.6) is 11.5 Å². The van der Waals surface area contributed by atoms with Crippen molar-refractivity contribution in [3.05, 3.63) is 46.1 Å². The quantitative estimate of drug-likeness (QED) is 0.886.